The number of carbonyl (C=O) groups excluding carboxylic acids is 2. The van der Waals surface area contributed by atoms with Gasteiger partial charge in [-0.2, -0.15) is 5.10 Å². The molecule has 3 heterocycles. The number of methoxy groups -OCH3 is 1. The molecule has 3 aromatic rings. The second-order valence-electron chi connectivity index (χ2n) is 12.0. The van der Waals surface area contributed by atoms with Gasteiger partial charge in [0, 0.05) is 19.1 Å². The van der Waals surface area contributed by atoms with Gasteiger partial charge >= 0.3 is 12.2 Å². The third kappa shape index (κ3) is 7.55. The van der Waals surface area contributed by atoms with Gasteiger partial charge in [-0.05, 0) is 72.1 Å². The molecular formula is C29H40N6O5. The Kier molecular flexibility index (Phi) is 8.41. The van der Waals surface area contributed by atoms with E-state index < -0.39 is 23.4 Å². The first kappa shape index (κ1) is 29.0. The van der Waals surface area contributed by atoms with E-state index in [4.69, 9.17) is 14.2 Å². The summed E-state index contributed by atoms with van der Waals surface area (Å²) in [5.74, 6) is 0.784. The number of anilines is 2. The maximum Gasteiger partial charge on any atom is 0.412 e. The van der Waals surface area contributed by atoms with Crippen LogP contribution in [0.3, 0.4) is 0 Å². The van der Waals surface area contributed by atoms with E-state index in [0.717, 1.165) is 41.8 Å². The molecule has 1 atom stereocenters. The highest BCUT2D eigenvalue weighted by atomic mass is 16.6. The number of nitrogens with zero attached hydrogens (tertiary/aromatic N) is 4. The fourth-order valence-corrected chi connectivity index (χ4v) is 4.65. The van der Waals surface area contributed by atoms with Crippen LogP contribution in [0.15, 0.2) is 36.7 Å². The molecule has 0 spiro atoms. The van der Waals surface area contributed by atoms with Gasteiger partial charge in [-0.1, -0.05) is 12.1 Å². The highest BCUT2D eigenvalue weighted by Crippen LogP contribution is 2.36. The molecule has 2 aromatic heterocycles. The minimum Gasteiger partial charge on any atom is -0.497 e. The number of pyridine rings is 1. The number of amides is 2. The molecule has 40 heavy (non-hydrogen) atoms. The van der Waals surface area contributed by atoms with Crippen molar-refractivity contribution in [1.82, 2.24) is 20.1 Å². The van der Waals surface area contributed by atoms with Crippen LogP contribution in [0.2, 0.25) is 0 Å². The maximum atomic E-state index is 12.8. The molecule has 216 valence electrons. The minimum absolute atomic E-state index is 0.129. The Labute approximate surface area is 235 Å². The van der Waals surface area contributed by atoms with Gasteiger partial charge in [0.15, 0.2) is 5.65 Å². The number of hydrogen-bond donors (Lipinski definition) is 2. The summed E-state index contributed by atoms with van der Waals surface area (Å²) in [6, 6.07) is 7.67. The number of hydrogen-bond acceptors (Lipinski definition) is 8. The second kappa shape index (κ2) is 11.6. The number of fused-ring (bicyclic) bond motifs is 1. The molecular weight excluding hydrogens is 512 g/mol. The summed E-state index contributed by atoms with van der Waals surface area (Å²) in [6.45, 7) is 12.7. The first-order valence-electron chi connectivity index (χ1n) is 13.5. The Morgan fingerprint density at radius 1 is 1.00 bits per heavy atom. The first-order chi connectivity index (χ1) is 18.8. The molecule has 2 N–H and O–H groups in total. The van der Waals surface area contributed by atoms with Gasteiger partial charge in [0.2, 0.25) is 0 Å². The lowest BCUT2D eigenvalue weighted by atomic mass is 10.0. The van der Waals surface area contributed by atoms with Gasteiger partial charge in [-0.15, -0.1) is 0 Å². The van der Waals surface area contributed by atoms with Crippen LogP contribution in [-0.2, 0) is 16.0 Å². The number of alkyl carbamates (subject to hydrolysis) is 1. The summed E-state index contributed by atoms with van der Waals surface area (Å²) < 4.78 is 18.1. The quantitative estimate of drug-likeness (QED) is 0.421. The summed E-state index contributed by atoms with van der Waals surface area (Å²) in [6.07, 6.45) is 4.05. The second-order valence-corrected chi connectivity index (χ2v) is 12.0. The summed E-state index contributed by atoms with van der Waals surface area (Å²) in [5, 5.41) is 11.3. The fourth-order valence-electron chi connectivity index (χ4n) is 4.65. The highest BCUT2D eigenvalue weighted by molar-refractivity contribution is 6.01. The Morgan fingerprint density at radius 2 is 1.68 bits per heavy atom. The van der Waals surface area contributed by atoms with Crippen LogP contribution in [0.4, 0.5) is 21.0 Å². The van der Waals surface area contributed by atoms with E-state index in [-0.39, 0.29) is 6.04 Å². The molecule has 1 aliphatic heterocycles. The summed E-state index contributed by atoms with van der Waals surface area (Å²) in [7, 11) is 1.64. The van der Waals surface area contributed by atoms with E-state index >= 15 is 0 Å². The van der Waals surface area contributed by atoms with Gasteiger partial charge in [0.1, 0.15) is 17.0 Å². The van der Waals surface area contributed by atoms with Gasteiger partial charge < -0.3 is 24.4 Å². The molecule has 0 bridgehead atoms. The molecule has 1 aliphatic rings. The number of piperidine rings is 1. The predicted molar refractivity (Wildman–Crippen MR) is 154 cm³/mol. The van der Waals surface area contributed by atoms with Crippen molar-refractivity contribution in [3.05, 3.63) is 42.2 Å². The van der Waals surface area contributed by atoms with Crippen LogP contribution in [0, 0.1) is 0 Å². The lowest BCUT2D eigenvalue weighted by Gasteiger charge is -2.36. The summed E-state index contributed by atoms with van der Waals surface area (Å²) in [5.41, 5.74) is 1.79. The van der Waals surface area contributed by atoms with Crippen molar-refractivity contribution in [2.45, 2.75) is 78.2 Å². The molecule has 0 saturated carbocycles. The van der Waals surface area contributed by atoms with Crippen molar-refractivity contribution in [2.24, 2.45) is 0 Å². The van der Waals surface area contributed by atoms with Crippen LogP contribution in [0.25, 0.3) is 11.0 Å². The lowest BCUT2D eigenvalue weighted by Crippen LogP contribution is -2.49. The highest BCUT2D eigenvalue weighted by Gasteiger charge is 2.28. The zero-order valence-electron chi connectivity index (χ0n) is 24.4. The number of aromatic nitrogens is 3. The first-order valence-corrected chi connectivity index (χ1v) is 13.5. The van der Waals surface area contributed by atoms with E-state index in [1.807, 2.05) is 70.5 Å². The number of ether oxygens (including phenoxy) is 3. The van der Waals surface area contributed by atoms with Crippen molar-refractivity contribution in [1.29, 1.82) is 0 Å². The fraction of sp³-hybridized carbons (Fsp3) is 0.517. The standard InChI is InChI=1S/C29H40N6O5/c1-28(2,3)39-26(36)32-20-9-8-14-34(18-20)24-22-15-31-35(17-19-10-12-21(38-7)13-11-19)25(22)30-16-23(24)33-27(37)40-29(4,5)6/h10-13,15-16,20H,8-9,14,17-18H2,1-7H3,(H,32,36)(H,33,37)/t20-/m0/s1. The molecule has 0 aliphatic carbocycles. The van der Waals surface area contributed by atoms with Crippen LogP contribution in [0.1, 0.15) is 59.9 Å². The molecule has 0 radical (unpaired) electrons. The van der Waals surface area contributed by atoms with Gasteiger partial charge in [0.25, 0.3) is 0 Å². The number of rotatable bonds is 6. The largest absolute Gasteiger partial charge is 0.497 e. The van der Waals surface area contributed by atoms with Crippen LogP contribution < -0.4 is 20.3 Å². The summed E-state index contributed by atoms with van der Waals surface area (Å²) >= 11 is 0. The SMILES string of the molecule is COc1ccc(Cn2ncc3c(N4CCC[C@H](NC(=O)OC(C)(C)C)C4)c(NC(=O)OC(C)(C)C)cnc32)cc1. The van der Waals surface area contributed by atoms with Crippen LogP contribution in [0.5, 0.6) is 5.75 Å². The molecule has 1 saturated heterocycles. The van der Waals surface area contributed by atoms with Gasteiger partial charge in [-0.3, -0.25) is 5.32 Å². The predicted octanol–water partition coefficient (Wildman–Crippen LogP) is 5.33. The molecule has 4 rings (SSSR count). The molecule has 1 aromatic carbocycles. The normalized spacial score (nSPS) is 16.0. The molecule has 11 nitrogen and oxygen atoms in total. The van der Waals surface area contributed by atoms with Crippen LogP contribution in [-0.4, -0.2) is 64.4 Å². The number of carbonyl (C=O) groups is 2. The number of benzene rings is 1. The monoisotopic (exact) mass is 552 g/mol. The Balaban J connectivity index is 1.65. The Bertz CT molecular complexity index is 1340. The zero-order valence-corrected chi connectivity index (χ0v) is 24.4. The van der Waals surface area contributed by atoms with E-state index in [1.165, 1.54) is 0 Å². The maximum absolute atomic E-state index is 12.8. The van der Waals surface area contributed by atoms with Crippen molar-refractivity contribution in [2.75, 3.05) is 30.4 Å². The zero-order chi connectivity index (χ0) is 29.1. The third-order valence-corrected chi connectivity index (χ3v) is 6.22. The third-order valence-electron chi connectivity index (χ3n) is 6.22. The number of nitrogens with one attached hydrogen (secondary N) is 2. The van der Waals surface area contributed by atoms with Gasteiger partial charge in [-0.25, -0.2) is 19.3 Å². The smallest absolute Gasteiger partial charge is 0.412 e. The molecule has 11 heteroatoms. The Morgan fingerprint density at radius 3 is 2.33 bits per heavy atom. The van der Waals surface area contributed by atoms with Crippen LogP contribution >= 0.6 is 0 Å². The minimum atomic E-state index is -0.654. The van der Waals surface area contributed by atoms with Gasteiger partial charge in [0.05, 0.1) is 42.8 Å². The lowest BCUT2D eigenvalue weighted by molar-refractivity contribution is 0.0499. The van der Waals surface area contributed by atoms with Crippen molar-refractivity contribution < 1.29 is 23.8 Å². The van der Waals surface area contributed by atoms with Crippen molar-refractivity contribution in [3.8, 4) is 5.75 Å². The molecule has 1 fully saturated rings. The average molecular weight is 553 g/mol. The topological polar surface area (TPSA) is 120 Å². The van der Waals surface area contributed by atoms with E-state index in [0.29, 0.717) is 24.4 Å². The van der Waals surface area contributed by atoms with E-state index in [2.05, 4.69) is 25.6 Å². The summed E-state index contributed by atoms with van der Waals surface area (Å²) in [4.78, 5) is 32.1. The van der Waals surface area contributed by atoms with E-state index in [9.17, 15) is 9.59 Å². The molecule has 0 unspecified atom stereocenters. The average Bonchev–Trinajstić information content (AvgIpc) is 3.24. The van der Waals surface area contributed by atoms with Crippen molar-refractivity contribution >= 4 is 34.6 Å². The Hall–Kier alpha value is -4.02. The van der Waals surface area contributed by atoms with Crippen molar-refractivity contribution in [3.63, 3.8) is 0 Å². The molecule has 2 amide bonds. The van der Waals surface area contributed by atoms with E-state index in [1.54, 1.807) is 19.5 Å².